The number of ether oxygens (including phenoxy) is 1. The van der Waals surface area contributed by atoms with Gasteiger partial charge in [0.05, 0.1) is 5.69 Å². The van der Waals surface area contributed by atoms with Gasteiger partial charge in [0.2, 0.25) is 0 Å². The number of aromatic nitrogens is 1. The lowest BCUT2D eigenvalue weighted by molar-refractivity contribution is 0.0580. The minimum atomic E-state index is -0.634. The van der Waals surface area contributed by atoms with Gasteiger partial charge in [0.25, 0.3) is 5.91 Å². The predicted octanol–water partition coefficient (Wildman–Crippen LogP) is 7.31. The Morgan fingerprint density at radius 3 is 2.46 bits per heavy atom. The Bertz CT molecular complexity index is 1200. The van der Waals surface area contributed by atoms with Crippen LogP contribution in [0.2, 0.25) is 0 Å². The third-order valence-corrected chi connectivity index (χ3v) is 6.02. The van der Waals surface area contributed by atoms with Gasteiger partial charge in [0.15, 0.2) is 10.1 Å². The van der Waals surface area contributed by atoms with Gasteiger partial charge < -0.3 is 4.74 Å². The maximum atomic E-state index is 13.2. The summed E-state index contributed by atoms with van der Waals surface area (Å²) in [5.41, 5.74) is 2.36. The standard InChI is InChI=1S/C26H30N4O4S/c1-6-7-15-30(25(32)34-26(3,4)5)19-13-14-20(21(16-19)18-11-9-8-10-12-18)22(31)28-24-27-17(2)23(29-33)35-24/h8-14,16H,6-7,15H2,1-5H3,(H,27,28,31). The molecule has 0 aliphatic rings. The summed E-state index contributed by atoms with van der Waals surface area (Å²) in [4.78, 5) is 43.0. The number of rotatable bonds is 8. The molecule has 1 heterocycles. The smallest absolute Gasteiger partial charge is 0.414 e. The fourth-order valence-corrected chi connectivity index (χ4v) is 4.14. The second-order valence-electron chi connectivity index (χ2n) is 9.04. The number of carbonyl (C=O) groups excluding carboxylic acids is 2. The quantitative estimate of drug-likeness (QED) is 0.331. The number of nitrogens with one attached hydrogen (secondary N) is 1. The van der Waals surface area contributed by atoms with Crippen LogP contribution in [-0.2, 0) is 4.74 Å². The summed E-state index contributed by atoms with van der Waals surface area (Å²) in [6.07, 6.45) is 1.28. The van der Waals surface area contributed by atoms with E-state index in [4.69, 9.17) is 4.74 Å². The summed E-state index contributed by atoms with van der Waals surface area (Å²) in [6.45, 7) is 9.70. The molecule has 0 radical (unpaired) electrons. The van der Waals surface area contributed by atoms with Crippen molar-refractivity contribution in [3.05, 3.63) is 64.7 Å². The van der Waals surface area contributed by atoms with E-state index in [2.05, 4.69) is 22.4 Å². The second kappa shape index (κ2) is 11.2. The number of carbonyl (C=O) groups is 2. The molecule has 1 N–H and O–H groups in total. The van der Waals surface area contributed by atoms with E-state index in [-0.39, 0.29) is 10.9 Å². The molecule has 1 aromatic heterocycles. The highest BCUT2D eigenvalue weighted by atomic mass is 32.1. The summed E-state index contributed by atoms with van der Waals surface area (Å²) in [5.74, 6) is -0.376. The number of thiazole rings is 1. The van der Waals surface area contributed by atoms with Crippen LogP contribution in [-0.4, -0.2) is 29.1 Å². The van der Waals surface area contributed by atoms with Crippen molar-refractivity contribution in [2.75, 3.05) is 16.8 Å². The van der Waals surface area contributed by atoms with E-state index in [9.17, 15) is 14.5 Å². The molecule has 0 fully saturated rings. The van der Waals surface area contributed by atoms with Gasteiger partial charge in [-0.3, -0.25) is 15.0 Å². The Morgan fingerprint density at radius 2 is 1.86 bits per heavy atom. The monoisotopic (exact) mass is 494 g/mol. The summed E-state index contributed by atoms with van der Waals surface area (Å²) in [5, 5.41) is 6.22. The highest BCUT2D eigenvalue weighted by Crippen LogP contribution is 2.33. The molecule has 184 valence electrons. The Morgan fingerprint density at radius 1 is 1.14 bits per heavy atom. The number of unbranched alkanes of at least 4 members (excludes halogenated alkanes) is 1. The maximum Gasteiger partial charge on any atom is 0.414 e. The van der Waals surface area contributed by atoms with E-state index in [1.165, 1.54) is 0 Å². The number of aryl methyl sites for hydroxylation is 1. The fourth-order valence-electron chi connectivity index (χ4n) is 3.40. The van der Waals surface area contributed by atoms with Crippen molar-refractivity contribution in [1.29, 1.82) is 0 Å². The van der Waals surface area contributed by atoms with Gasteiger partial charge >= 0.3 is 6.09 Å². The van der Waals surface area contributed by atoms with Crippen molar-refractivity contribution in [2.24, 2.45) is 5.18 Å². The second-order valence-corrected chi connectivity index (χ2v) is 10.0. The number of amides is 2. The predicted molar refractivity (Wildman–Crippen MR) is 141 cm³/mol. The van der Waals surface area contributed by atoms with Crippen molar-refractivity contribution < 1.29 is 14.3 Å². The van der Waals surface area contributed by atoms with E-state index >= 15 is 0 Å². The van der Waals surface area contributed by atoms with Crippen molar-refractivity contribution in [1.82, 2.24) is 4.98 Å². The van der Waals surface area contributed by atoms with Gasteiger partial charge in [-0.15, -0.1) is 4.91 Å². The zero-order valence-electron chi connectivity index (χ0n) is 20.6. The van der Waals surface area contributed by atoms with E-state index < -0.39 is 11.7 Å². The van der Waals surface area contributed by atoms with Crippen LogP contribution in [0.5, 0.6) is 0 Å². The zero-order chi connectivity index (χ0) is 25.6. The van der Waals surface area contributed by atoms with E-state index in [1.807, 2.05) is 57.2 Å². The molecule has 0 unspecified atom stereocenters. The van der Waals surface area contributed by atoms with Gasteiger partial charge in [-0.1, -0.05) is 55.0 Å². The molecule has 35 heavy (non-hydrogen) atoms. The number of anilines is 2. The van der Waals surface area contributed by atoms with Crippen molar-refractivity contribution in [3.8, 4) is 11.1 Å². The van der Waals surface area contributed by atoms with Crippen LogP contribution >= 0.6 is 11.3 Å². The van der Waals surface area contributed by atoms with Crippen molar-refractivity contribution >= 4 is 39.2 Å². The summed E-state index contributed by atoms with van der Waals surface area (Å²) >= 11 is 1.02. The van der Waals surface area contributed by atoms with Gasteiger partial charge in [-0.25, -0.2) is 9.78 Å². The van der Waals surface area contributed by atoms with Crippen LogP contribution in [0.1, 0.15) is 56.6 Å². The minimum absolute atomic E-state index is 0.225. The van der Waals surface area contributed by atoms with Gasteiger partial charge in [-0.2, -0.15) is 0 Å². The van der Waals surface area contributed by atoms with E-state index in [1.54, 1.807) is 24.0 Å². The average Bonchev–Trinajstić information content (AvgIpc) is 3.17. The topological polar surface area (TPSA) is 101 Å². The molecule has 9 heteroatoms. The van der Waals surface area contributed by atoms with E-state index in [0.717, 1.165) is 29.7 Å². The van der Waals surface area contributed by atoms with Crippen LogP contribution in [0.3, 0.4) is 0 Å². The Labute approximate surface area is 209 Å². The molecule has 0 saturated heterocycles. The number of nitrogens with zero attached hydrogens (tertiary/aromatic N) is 3. The fraction of sp³-hybridized carbons (Fsp3) is 0.346. The van der Waals surface area contributed by atoms with Crippen LogP contribution in [0.15, 0.2) is 53.7 Å². The first-order valence-electron chi connectivity index (χ1n) is 11.4. The lowest BCUT2D eigenvalue weighted by Gasteiger charge is -2.28. The molecule has 3 aromatic rings. The van der Waals surface area contributed by atoms with Crippen molar-refractivity contribution in [3.63, 3.8) is 0 Å². The first kappa shape index (κ1) is 26.0. The molecule has 0 saturated carbocycles. The van der Waals surface area contributed by atoms with Crippen LogP contribution < -0.4 is 10.2 Å². The Balaban J connectivity index is 2.02. The van der Waals surface area contributed by atoms with E-state index in [0.29, 0.717) is 34.2 Å². The first-order valence-corrected chi connectivity index (χ1v) is 12.3. The molecule has 0 aliphatic heterocycles. The lowest BCUT2D eigenvalue weighted by Crippen LogP contribution is -2.37. The molecule has 0 spiro atoms. The SMILES string of the molecule is CCCCN(C(=O)OC(C)(C)C)c1ccc(C(=O)Nc2nc(C)c(N=O)s2)c(-c2ccccc2)c1. The molecule has 0 atom stereocenters. The average molecular weight is 495 g/mol. The largest absolute Gasteiger partial charge is 0.443 e. The van der Waals surface area contributed by atoms with Crippen LogP contribution in [0, 0.1) is 11.8 Å². The Hall–Kier alpha value is -3.59. The van der Waals surface area contributed by atoms with Crippen LogP contribution in [0.4, 0.5) is 20.6 Å². The summed E-state index contributed by atoms with van der Waals surface area (Å²) in [6, 6.07) is 14.7. The van der Waals surface area contributed by atoms with Gasteiger partial charge in [-0.05, 0) is 68.6 Å². The van der Waals surface area contributed by atoms with Crippen LogP contribution in [0.25, 0.3) is 11.1 Å². The normalized spacial score (nSPS) is 11.1. The van der Waals surface area contributed by atoms with Gasteiger partial charge in [0.1, 0.15) is 5.60 Å². The third kappa shape index (κ3) is 6.73. The van der Waals surface area contributed by atoms with Gasteiger partial charge in [0, 0.05) is 17.8 Å². The molecule has 8 nitrogen and oxygen atoms in total. The number of hydrogen-bond donors (Lipinski definition) is 1. The number of nitroso groups, excluding NO2 is 1. The first-order chi connectivity index (χ1) is 16.6. The molecule has 3 rings (SSSR count). The molecule has 2 aromatic carbocycles. The summed E-state index contributed by atoms with van der Waals surface area (Å²) in [7, 11) is 0. The molecule has 0 bridgehead atoms. The zero-order valence-corrected chi connectivity index (χ0v) is 21.4. The third-order valence-electron chi connectivity index (χ3n) is 5.07. The highest BCUT2D eigenvalue weighted by Gasteiger charge is 2.25. The molecule has 2 amide bonds. The maximum absolute atomic E-state index is 13.2. The Kier molecular flexibility index (Phi) is 8.34. The molecular formula is C26H30N4O4S. The number of hydrogen-bond acceptors (Lipinski definition) is 7. The minimum Gasteiger partial charge on any atom is -0.443 e. The van der Waals surface area contributed by atoms with Crippen molar-refractivity contribution in [2.45, 2.75) is 53.1 Å². The lowest BCUT2D eigenvalue weighted by atomic mass is 9.98. The highest BCUT2D eigenvalue weighted by molar-refractivity contribution is 7.19. The number of benzene rings is 2. The summed E-state index contributed by atoms with van der Waals surface area (Å²) < 4.78 is 5.64. The molecular weight excluding hydrogens is 464 g/mol. The molecule has 0 aliphatic carbocycles.